The van der Waals surface area contributed by atoms with Gasteiger partial charge in [-0.3, -0.25) is 4.68 Å². The first-order valence-electron chi connectivity index (χ1n) is 6.79. The third-order valence-electron chi connectivity index (χ3n) is 3.21. The first-order valence-corrected chi connectivity index (χ1v) is 6.79. The van der Waals surface area contributed by atoms with Crippen molar-refractivity contribution in [2.45, 2.75) is 33.4 Å². The van der Waals surface area contributed by atoms with Crippen LogP contribution in [0.5, 0.6) is 0 Å². The summed E-state index contributed by atoms with van der Waals surface area (Å²) < 4.78 is 28.4. The predicted octanol–water partition coefficient (Wildman–Crippen LogP) is 3.19. The number of nitrogens with zero attached hydrogens (tertiary/aromatic N) is 2. The second-order valence-corrected chi connectivity index (χ2v) is 4.69. The molecule has 0 spiro atoms. The lowest BCUT2D eigenvalue weighted by atomic mass is 10.0. The van der Waals surface area contributed by atoms with Crippen LogP contribution >= 0.6 is 0 Å². The van der Waals surface area contributed by atoms with E-state index in [0.29, 0.717) is 5.56 Å². The van der Waals surface area contributed by atoms with Gasteiger partial charge in [0.15, 0.2) is 11.6 Å². The molecule has 1 heterocycles. The maximum atomic E-state index is 13.5. The Kier molecular flexibility index (Phi) is 4.49. The Balaban J connectivity index is 2.46. The lowest BCUT2D eigenvalue weighted by molar-refractivity contribution is 0.499. The Morgan fingerprint density at radius 3 is 2.55 bits per heavy atom. The van der Waals surface area contributed by atoms with Crippen LogP contribution in [0.25, 0.3) is 0 Å². The van der Waals surface area contributed by atoms with E-state index >= 15 is 0 Å². The first kappa shape index (κ1) is 14.7. The van der Waals surface area contributed by atoms with Crippen molar-refractivity contribution in [1.29, 1.82) is 0 Å². The van der Waals surface area contributed by atoms with Gasteiger partial charge in [-0.1, -0.05) is 13.0 Å². The fraction of sp³-hybridized carbons (Fsp3) is 0.400. The van der Waals surface area contributed by atoms with Gasteiger partial charge >= 0.3 is 0 Å². The van der Waals surface area contributed by atoms with Crippen molar-refractivity contribution in [2.24, 2.45) is 0 Å². The molecule has 20 heavy (non-hydrogen) atoms. The van der Waals surface area contributed by atoms with Gasteiger partial charge in [-0.15, -0.1) is 0 Å². The molecule has 1 atom stereocenters. The van der Waals surface area contributed by atoms with E-state index in [2.05, 4.69) is 10.4 Å². The van der Waals surface area contributed by atoms with Crippen LogP contribution in [0.4, 0.5) is 8.78 Å². The van der Waals surface area contributed by atoms with Crippen LogP contribution in [0.15, 0.2) is 24.3 Å². The fourth-order valence-electron chi connectivity index (χ4n) is 2.34. The van der Waals surface area contributed by atoms with E-state index < -0.39 is 11.6 Å². The molecule has 1 N–H and O–H groups in total. The minimum absolute atomic E-state index is 0.198. The second kappa shape index (κ2) is 6.13. The highest BCUT2D eigenvalue weighted by atomic mass is 19.2. The van der Waals surface area contributed by atoms with Gasteiger partial charge in [-0.2, -0.15) is 5.10 Å². The zero-order valence-electron chi connectivity index (χ0n) is 12.0. The van der Waals surface area contributed by atoms with Gasteiger partial charge in [0.05, 0.1) is 17.4 Å². The van der Waals surface area contributed by atoms with Crippen LogP contribution in [0.2, 0.25) is 0 Å². The molecule has 0 saturated carbocycles. The smallest absolute Gasteiger partial charge is 0.159 e. The molecule has 0 amide bonds. The van der Waals surface area contributed by atoms with Crippen molar-refractivity contribution in [3.8, 4) is 0 Å². The van der Waals surface area contributed by atoms with Gasteiger partial charge < -0.3 is 5.32 Å². The van der Waals surface area contributed by atoms with Crippen LogP contribution < -0.4 is 5.32 Å². The van der Waals surface area contributed by atoms with E-state index in [1.54, 1.807) is 6.07 Å². The molecule has 0 fully saturated rings. The molecule has 0 saturated heterocycles. The van der Waals surface area contributed by atoms with Crippen LogP contribution in [-0.4, -0.2) is 16.3 Å². The van der Waals surface area contributed by atoms with E-state index in [1.807, 2.05) is 31.5 Å². The van der Waals surface area contributed by atoms with Gasteiger partial charge in [-0.25, -0.2) is 8.78 Å². The molecule has 1 aromatic carbocycles. The predicted molar refractivity (Wildman–Crippen MR) is 74.5 cm³/mol. The molecular weight excluding hydrogens is 260 g/mol. The number of benzene rings is 1. The molecular formula is C15H19F2N3. The van der Waals surface area contributed by atoms with Crippen molar-refractivity contribution in [2.75, 3.05) is 6.54 Å². The number of aryl methyl sites for hydroxylation is 2. The Morgan fingerprint density at radius 2 is 1.95 bits per heavy atom. The number of halogens is 2. The molecule has 3 nitrogen and oxygen atoms in total. The van der Waals surface area contributed by atoms with Crippen LogP contribution in [0.3, 0.4) is 0 Å². The van der Waals surface area contributed by atoms with E-state index in [9.17, 15) is 8.78 Å². The zero-order valence-corrected chi connectivity index (χ0v) is 12.0. The Bertz CT molecular complexity index is 593. The van der Waals surface area contributed by atoms with E-state index in [0.717, 1.165) is 30.5 Å². The molecule has 0 aliphatic rings. The van der Waals surface area contributed by atoms with Crippen molar-refractivity contribution in [1.82, 2.24) is 15.1 Å². The third-order valence-corrected chi connectivity index (χ3v) is 3.21. The standard InChI is InChI=1S/C15H19F2N3/c1-4-18-15(11-6-7-12(16)13(17)9-11)14-8-10(3)19-20(14)5-2/h6-9,15,18H,4-5H2,1-3H3. The summed E-state index contributed by atoms with van der Waals surface area (Å²) in [5.74, 6) is -1.66. The Labute approximate surface area is 117 Å². The number of hydrogen-bond acceptors (Lipinski definition) is 2. The topological polar surface area (TPSA) is 29.9 Å². The summed E-state index contributed by atoms with van der Waals surface area (Å²) in [6.45, 7) is 7.35. The Morgan fingerprint density at radius 1 is 1.20 bits per heavy atom. The highest BCUT2D eigenvalue weighted by Crippen LogP contribution is 2.24. The van der Waals surface area contributed by atoms with Gasteiger partial charge in [-0.05, 0) is 44.2 Å². The second-order valence-electron chi connectivity index (χ2n) is 4.69. The molecule has 108 valence electrons. The van der Waals surface area contributed by atoms with Gasteiger partial charge in [0.1, 0.15) is 0 Å². The largest absolute Gasteiger partial charge is 0.305 e. The number of nitrogens with one attached hydrogen (secondary N) is 1. The quantitative estimate of drug-likeness (QED) is 0.911. The lowest BCUT2D eigenvalue weighted by Gasteiger charge is -2.19. The SMILES string of the molecule is CCNC(c1ccc(F)c(F)c1)c1cc(C)nn1CC. The molecule has 1 unspecified atom stereocenters. The van der Waals surface area contributed by atoms with Crippen molar-refractivity contribution >= 4 is 0 Å². The normalized spacial score (nSPS) is 12.7. The van der Waals surface area contributed by atoms with Gasteiger partial charge in [0.25, 0.3) is 0 Å². The summed E-state index contributed by atoms with van der Waals surface area (Å²) in [5.41, 5.74) is 2.56. The van der Waals surface area contributed by atoms with E-state index in [-0.39, 0.29) is 6.04 Å². The summed E-state index contributed by atoms with van der Waals surface area (Å²) in [7, 11) is 0. The van der Waals surface area contributed by atoms with Gasteiger partial charge in [0, 0.05) is 6.54 Å². The number of rotatable bonds is 5. The minimum atomic E-state index is -0.829. The van der Waals surface area contributed by atoms with E-state index in [4.69, 9.17) is 0 Å². The third kappa shape index (κ3) is 2.88. The van der Waals surface area contributed by atoms with Crippen molar-refractivity contribution < 1.29 is 8.78 Å². The number of hydrogen-bond donors (Lipinski definition) is 1. The monoisotopic (exact) mass is 279 g/mol. The maximum Gasteiger partial charge on any atom is 0.159 e. The summed E-state index contributed by atoms with van der Waals surface area (Å²) in [6, 6.07) is 5.78. The summed E-state index contributed by atoms with van der Waals surface area (Å²) in [4.78, 5) is 0. The Hall–Kier alpha value is -1.75. The molecule has 2 rings (SSSR count). The van der Waals surface area contributed by atoms with Crippen molar-refractivity contribution in [3.05, 3.63) is 52.9 Å². The van der Waals surface area contributed by atoms with Crippen LogP contribution in [0.1, 0.15) is 36.8 Å². The highest BCUT2D eigenvalue weighted by molar-refractivity contribution is 5.30. The van der Waals surface area contributed by atoms with Crippen molar-refractivity contribution in [3.63, 3.8) is 0 Å². The molecule has 0 aliphatic carbocycles. The summed E-state index contributed by atoms with van der Waals surface area (Å²) in [6.07, 6.45) is 0. The minimum Gasteiger partial charge on any atom is -0.305 e. The molecule has 1 aromatic heterocycles. The average molecular weight is 279 g/mol. The van der Waals surface area contributed by atoms with Gasteiger partial charge in [0.2, 0.25) is 0 Å². The zero-order chi connectivity index (χ0) is 14.7. The first-order chi connectivity index (χ1) is 9.56. The molecule has 0 aliphatic heterocycles. The summed E-state index contributed by atoms with van der Waals surface area (Å²) in [5, 5.41) is 7.71. The van der Waals surface area contributed by atoms with Crippen LogP contribution in [-0.2, 0) is 6.54 Å². The fourth-order valence-corrected chi connectivity index (χ4v) is 2.34. The summed E-state index contributed by atoms with van der Waals surface area (Å²) >= 11 is 0. The molecule has 0 radical (unpaired) electrons. The average Bonchev–Trinajstić information content (AvgIpc) is 2.80. The molecule has 5 heteroatoms. The van der Waals surface area contributed by atoms with Crippen LogP contribution in [0, 0.1) is 18.6 Å². The number of aromatic nitrogens is 2. The lowest BCUT2D eigenvalue weighted by Crippen LogP contribution is -2.25. The molecule has 2 aromatic rings. The van der Waals surface area contributed by atoms with E-state index in [1.165, 1.54) is 6.07 Å². The highest BCUT2D eigenvalue weighted by Gasteiger charge is 2.19. The maximum absolute atomic E-state index is 13.5. The molecule has 0 bridgehead atoms.